The lowest BCUT2D eigenvalue weighted by Gasteiger charge is -1.99. The molecule has 0 atom stereocenters. The third-order valence-electron chi connectivity index (χ3n) is 2.92. The molecule has 3 aromatic rings. The SMILES string of the molecule is Cc1oc(-c2ccccc2)nc1CC(=O)Nc1nccs1. The van der Waals surface area contributed by atoms with E-state index in [1.165, 1.54) is 11.3 Å². The topological polar surface area (TPSA) is 68.0 Å². The Kier molecular flexibility index (Phi) is 3.79. The van der Waals surface area contributed by atoms with Crippen molar-refractivity contribution < 1.29 is 9.21 Å². The van der Waals surface area contributed by atoms with E-state index in [9.17, 15) is 4.79 Å². The van der Waals surface area contributed by atoms with Crippen LogP contribution in [0.15, 0.2) is 46.3 Å². The fourth-order valence-corrected chi connectivity index (χ4v) is 2.44. The highest BCUT2D eigenvalue weighted by Gasteiger charge is 2.15. The van der Waals surface area contributed by atoms with Crippen LogP contribution in [-0.2, 0) is 11.2 Å². The summed E-state index contributed by atoms with van der Waals surface area (Å²) < 4.78 is 5.63. The van der Waals surface area contributed by atoms with E-state index in [1.807, 2.05) is 42.6 Å². The molecule has 1 N–H and O–H groups in total. The molecule has 21 heavy (non-hydrogen) atoms. The van der Waals surface area contributed by atoms with E-state index in [0.717, 1.165) is 5.56 Å². The van der Waals surface area contributed by atoms with Crippen LogP contribution in [0.3, 0.4) is 0 Å². The average molecular weight is 299 g/mol. The molecular weight excluding hydrogens is 286 g/mol. The molecule has 3 rings (SSSR count). The first kappa shape index (κ1) is 13.5. The second-order valence-electron chi connectivity index (χ2n) is 4.45. The predicted octanol–water partition coefficient (Wildman–Crippen LogP) is 3.29. The van der Waals surface area contributed by atoms with Crippen LogP contribution >= 0.6 is 11.3 Å². The summed E-state index contributed by atoms with van der Waals surface area (Å²) in [5.41, 5.74) is 1.54. The molecule has 0 radical (unpaired) electrons. The first-order valence-electron chi connectivity index (χ1n) is 6.43. The van der Waals surface area contributed by atoms with Crippen LogP contribution < -0.4 is 5.32 Å². The van der Waals surface area contributed by atoms with Crippen molar-refractivity contribution >= 4 is 22.4 Å². The van der Waals surface area contributed by atoms with Gasteiger partial charge in [-0.1, -0.05) is 18.2 Å². The zero-order valence-electron chi connectivity index (χ0n) is 11.4. The van der Waals surface area contributed by atoms with Crippen molar-refractivity contribution in [1.29, 1.82) is 0 Å². The lowest BCUT2D eigenvalue weighted by Crippen LogP contribution is -2.14. The average Bonchev–Trinajstić information content (AvgIpc) is 3.11. The van der Waals surface area contributed by atoms with Crippen LogP contribution in [0.5, 0.6) is 0 Å². The predicted molar refractivity (Wildman–Crippen MR) is 81.1 cm³/mol. The minimum absolute atomic E-state index is 0.152. The maximum absolute atomic E-state index is 12.0. The molecule has 0 fully saturated rings. The van der Waals surface area contributed by atoms with Gasteiger partial charge in [0.25, 0.3) is 0 Å². The van der Waals surface area contributed by atoms with Gasteiger partial charge in [-0.05, 0) is 19.1 Å². The van der Waals surface area contributed by atoms with E-state index in [4.69, 9.17) is 4.42 Å². The van der Waals surface area contributed by atoms with Gasteiger partial charge < -0.3 is 9.73 Å². The molecule has 6 heteroatoms. The van der Waals surface area contributed by atoms with Crippen molar-refractivity contribution in [3.63, 3.8) is 0 Å². The Bertz CT molecular complexity index is 736. The van der Waals surface area contributed by atoms with Crippen LogP contribution in [-0.4, -0.2) is 15.9 Å². The molecule has 2 heterocycles. The molecule has 2 aromatic heterocycles. The zero-order chi connectivity index (χ0) is 14.7. The number of anilines is 1. The van der Waals surface area contributed by atoms with Crippen LogP contribution in [0, 0.1) is 6.92 Å². The number of oxazole rings is 1. The molecule has 0 unspecified atom stereocenters. The summed E-state index contributed by atoms with van der Waals surface area (Å²) in [5.74, 6) is 1.04. The van der Waals surface area contributed by atoms with E-state index >= 15 is 0 Å². The number of benzene rings is 1. The molecule has 0 bridgehead atoms. The molecule has 0 aliphatic heterocycles. The number of nitrogens with zero attached hydrogens (tertiary/aromatic N) is 2. The number of amides is 1. The zero-order valence-corrected chi connectivity index (χ0v) is 12.2. The lowest BCUT2D eigenvalue weighted by molar-refractivity contribution is -0.115. The van der Waals surface area contributed by atoms with E-state index in [2.05, 4.69) is 15.3 Å². The second-order valence-corrected chi connectivity index (χ2v) is 5.34. The highest BCUT2D eigenvalue weighted by Crippen LogP contribution is 2.22. The van der Waals surface area contributed by atoms with Crippen molar-refractivity contribution in [1.82, 2.24) is 9.97 Å². The number of nitrogens with one attached hydrogen (secondary N) is 1. The lowest BCUT2D eigenvalue weighted by atomic mass is 10.2. The molecular formula is C15H13N3O2S. The molecule has 1 aromatic carbocycles. The minimum atomic E-state index is -0.152. The Balaban J connectivity index is 1.74. The van der Waals surface area contributed by atoms with Gasteiger partial charge in [0.15, 0.2) is 5.13 Å². The van der Waals surface area contributed by atoms with Crippen molar-refractivity contribution in [2.45, 2.75) is 13.3 Å². The molecule has 0 saturated carbocycles. The second kappa shape index (κ2) is 5.88. The molecule has 1 amide bonds. The van der Waals surface area contributed by atoms with Crippen molar-refractivity contribution in [3.8, 4) is 11.5 Å². The standard InChI is InChI=1S/C15H13N3O2S/c1-10-12(9-13(19)18-15-16-7-8-21-15)17-14(20-10)11-5-3-2-4-6-11/h2-8H,9H2,1H3,(H,16,18,19). The number of hydrogen-bond acceptors (Lipinski definition) is 5. The fraction of sp³-hybridized carbons (Fsp3) is 0.133. The minimum Gasteiger partial charge on any atom is -0.441 e. The fourth-order valence-electron chi connectivity index (χ4n) is 1.90. The third-order valence-corrected chi connectivity index (χ3v) is 3.61. The van der Waals surface area contributed by atoms with Gasteiger partial charge in [-0.2, -0.15) is 0 Å². The van der Waals surface area contributed by atoms with Crippen molar-refractivity contribution in [2.24, 2.45) is 0 Å². The van der Waals surface area contributed by atoms with Crippen LogP contribution in [0.4, 0.5) is 5.13 Å². The van der Waals surface area contributed by atoms with Gasteiger partial charge in [-0.15, -0.1) is 11.3 Å². The number of aromatic nitrogens is 2. The molecule has 0 aliphatic carbocycles. The smallest absolute Gasteiger partial charge is 0.232 e. The summed E-state index contributed by atoms with van der Waals surface area (Å²) in [7, 11) is 0. The van der Waals surface area contributed by atoms with Crippen LogP contribution in [0.1, 0.15) is 11.5 Å². The maximum Gasteiger partial charge on any atom is 0.232 e. The molecule has 0 aliphatic rings. The summed E-state index contributed by atoms with van der Waals surface area (Å²) in [6, 6.07) is 9.62. The Morgan fingerprint density at radius 3 is 2.86 bits per heavy atom. The quantitative estimate of drug-likeness (QED) is 0.802. The number of thiazole rings is 1. The molecule has 106 valence electrons. The summed E-state index contributed by atoms with van der Waals surface area (Å²) in [4.78, 5) is 20.4. The van der Waals surface area contributed by atoms with E-state index in [0.29, 0.717) is 22.5 Å². The highest BCUT2D eigenvalue weighted by molar-refractivity contribution is 7.13. The van der Waals surface area contributed by atoms with E-state index in [1.54, 1.807) is 6.20 Å². The van der Waals surface area contributed by atoms with Gasteiger partial charge in [-0.3, -0.25) is 4.79 Å². The summed E-state index contributed by atoms with van der Waals surface area (Å²) in [5, 5.41) is 5.13. The van der Waals surface area contributed by atoms with Gasteiger partial charge in [0, 0.05) is 17.1 Å². The van der Waals surface area contributed by atoms with Crippen molar-refractivity contribution in [2.75, 3.05) is 5.32 Å². The highest BCUT2D eigenvalue weighted by atomic mass is 32.1. The van der Waals surface area contributed by atoms with Crippen molar-refractivity contribution in [3.05, 3.63) is 53.4 Å². The van der Waals surface area contributed by atoms with E-state index < -0.39 is 0 Å². The Morgan fingerprint density at radius 2 is 2.14 bits per heavy atom. The first-order chi connectivity index (χ1) is 10.2. The van der Waals surface area contributed by atoms with Crippen LogP contribution in [0.2, 0.25) is 0 Å². The maximum atomic E-state index is 12.0. The molecule has 5 nitrogen and oxygen atoms in total. The Labute approximate surface area is 125 Å². The third kappa shape index (κ3) is 3.17. The number of carbonyl (C=O) groups is 1. The van der Waals surface area contributed by atoms with Gasteiger partial charge in [0.05, 0.1) is 12.1 Å². The van der Waals surface area contributed by atoms with Gasteiger partial charge in [0.1, 0.15) is 5.76 Å². The largest absolute Gasteiger partial charge is 0.441 e. The van der Waals surface area contributed by atoms with Gasteiger partial charge in [0.2, 0.25) is 11.8 Å². The summed E-state index contributed by atoms with van der Waals surface area (Å²) in [6.45, 7) is 1.81. The van der Waals surface area contributed by atoms with Gasteiger partial charge in [-0.25, -0.2) is 9.97 Å². The van der Waals surface area contributed by atoms with E-state index in [-0.39, 0.29) is 12.3 Å². The molecule has 0 spiro atoms. The number of carbonyl (C=O) groups excluding carboxylic acids is 1. The summed E-state index contributed by atoms with van der Waals surface area (Å²) >= 11 is 1.38. The number of rotatable bonds is 4. The monoisotopic (exact) mass is 299 g/mol. The first-order valence-corrected chi connectivity index (χ1v) is 7.31. The van der Waals surface area contributed by atoms with Gasteiger partial charge >= 0.3 is 0 Å². The normalized spacial score (nSPS) is 10.5. The van der Waals surface area contributed by atoms with Crippen LogP contribution in [0.25, 0.3) is 11.5 Å². The molecule has 0 saturated heterocycles. The Hall–Kier alpha value is -2.47. The number of hydrogen-bond donors (Lipinski definition) is 1. The number of aryl methyl sites for hydroxylation is 1. The Morgan fingerprint density at radius 1 is 1.33 bits per heavy atom. The summed E-state index contributed by atoms with van der Waals surface area (Å²) in [6.07, 6.45) is 1.82.